The molecule has 198 valence electrons. The van der Waals surface area contributed by atoms with Crippen molar-refractivity contribution in [3.8, 4) is 0 Å². The van der Waals surface area contributed by atoms with Gasteiger partial charge in [-0.15, -0.1) is 0 Å². The highest BCUT2D eigenvalue weighted by Gasteiger charge is 2.41. The number of halogens is 2. The lowest BCUT2D eigenvalue weighted by molar-refractivity contribution is -0.147. The Kier molecular flexibility index (Phi) is 14.8. The minimum Gasteiger partial charge on any atom is -0.463 e. The Hall–Kier alpha value is -1.34. The van der Waals surface area contributed by atoms with Crippen molar-refractivity contribution in [3.63, 3.8) is 0 Å². The van der Waals surface area contributed by atoms with E-state index in [4.69, 9.17) is 4.74 Å². The Balaban J connectivity index is 2.37. The van der Waals surface area contributed by atoms with Gasteiger partial charge in [0.25, 0.3) is 5.92 Å². The van der Waals surface area contributed by atoms with Gasteiger partial charge >= 0.3 is 5.97 Å². The number of Topliss-reactive ketones (excluding diaryl/α,β-unsaturated/α-hetero) is 1. The van der Waals surface area contributed by atoms with Gasteiger partial charge in [-0.2, -0.15) is 0 Å². The van der Waals surface area contributed by atoms with Crippen LogP contribution in [0.25, 0.3) is 0 Å². The molecule has 34 heavy (non-hydrogen) atoms. The van der Waals surface area contributed by atoms with Gasteiger partial charge in [0.2, 0.25) is 0 Å². The van der Waals surface area contributed by atoms with Crippen LogP contribution < -0.4 is 0 Å². The lowest BCUT2D eigenvalue weighted by atomic mass is 9.88. The largest absolute Gasteiger partial charge is 0.463 e. The van der Waals surface area contributed by atoms with E-state index >= 15 is 0 Å². The second-order valence-electron chi connectivity index (χ2n) is 10.0. The number of carbonyl (C=O) groups is 2. The third-order valence-electron chi connectivity index (χ3n) is 6.56. The van der Waals surface area contributed by atoms with Gasteiger partial charge in [0, 0.05) is 31.1 Å². The summed E-state index contributed by atoms with van der Waals surface area (Å²) in [5.74, 6) is -4.32. The summed E-state index contributed by atoms with van der Waals surface area (Å²) in [7, 11) is 0. The van der Waals surface area contributed by atoms with Crippen LogP contribution in [0.15, 0.2) is 12.2 Å². The lowest BCUT2D eigenvalue weighted by Crippen LogP contribution is -2.32. The maximum Gasteiger partial charge on any atom is 0.306 e. The molecular weight excluding hydrogens is 442 g/mol. The summed E-state index contributed by atoms with van der Waals surface area (Å²) in [6.45, 7) is 5.67. The summed E-state index contributed by atoms with van der Waals surface area (Å²) in [4.78, 5) is 23.8. The monoisotopic (exact) mass is 488 g/mol. The average Bonchev–Trinajstić information content (AvgIpc) is 3.02. The minimum atomic E-state index is -3.21. The Morgan fingerprint density at radius 2 is 1.71 bits per heavy atom. The van der Waals surface area contributed by atoms with E-state index in [1.54, 1.807) is 0 Å². The molecule has 1 aliphatic carbocycles. The van der Waals surface area contributed by atoms with Gasteiger partial charge in [-0.05, 0) is 33.1 Å². The number of aliphatic hydroxyl groups excluding tert-OH is 2. The van der Waals surface area contributed by atoms with Crippen molar-refractivity contribution in [2.75, 3.05) is 0 Å². The number of unbranched alkanes of at least 4 members (excludes halogenated alkanes) is 8. The van der Waals surface area contributed by atoms with Crippen molar-refractivity contribution in [1.29, 1.82) is 0 Å². The Labute approximate surface area is 204 Å². The number of carbonyl (C=O) groups excluding carboxylic acids is 2. The first-order chi connectivity index (χ1) is 16.1. The predicted octanol–water partition coefficient (Wildman–Crippen LogP) is 6.15. The molecule has 0 saturated heterocycles. The number of alkyl halides is 2. The smallest absolute Gasteiger partial charge is 0.306 e. The molecule has 0 aromatic heterocycles. The molecule has 0 aliphatic heterocycles. The predicted molar refractivity (Wildman–Crippen MR) is 130 cm³/mol. The van der Waals surface area contributed by atoms with E-state index in [1.807, 2.05) is 20.8 Å². The molecule has 0 aromatic rings. The molecule has 4 unspecified atom stereocenters. The van der Waals surface area contributed by atoms with Crippen LogP contribution in [0.1, 0.15) is 111 Å². The van der Waals surface area contributed by atoms with E-state index in [2.05, 4.69) is 0 Å². The third-order valence-corrected chi connectivity index (χ3v) is 6.56. The normalized spacial score (nSPS) is 22.1. The number of rotatable bonds is 18. The fourth-order valence-electron chi connectivity index (χ4n) is 4.56. The van der Waals surface area contributed by atoms with Crippen LogP contribution in [0.3, 0.4) is 0 Å². The Morgan fingerprint density at radius 1 is 1.09 bits per heavy atom. The summed E-state index contributed by atoms with van der Waals surface area (Å²) in [5.41, 5.74) is 0. The first-order valence-electron chi connectivity index (χ1n) is 13.2. The molecule has 1 aliphatic rings. The Morgan fingerprint density at radius 3 is 2.35 bits per heavy atom. The molecule has 1 fully saturated rings. The van der Waals surface area contributed by atoms with Crippen LogP contribution in [0.4, 0.5) is 8.78 Å². The van der Waals surface area contributed by atoms with Gasteiger partial charge in [-0.1, -0.05) is 70.4 Å². The van der Waals surface area contributed by atoms with Crippen molar-refractivity contribution in [2.24, 2.45) is 11.8 Å². The fraction of sp³-hybridized carbons (Fsp3) is 0.852. The highest BCUT2D eigenvalue weighted by atomic mass is 19.3. The SMILES string of the molecule is CCCCCCC(F)(F)C(O)/C=C/C1C(O)CC(=O)C1CCCCCCCCC(=O)OC(C)C. The number of hydrogen-bond acceptors (Lipinski definition) is 5. The van der Waals surface area contributed by atoms with Gasteiger partial charge in [0.1, 0.15) is 11.9 Å². The van der Waals surface area contributed by atoms with Gasteiger partial charge in [0.05, 0.1) is 12.2 Å². The molecule has 0 amide bonds. The molecule has 5 nitrogen and oxygen atoms in total. The van der Waals surface area contributed by atoms with Crippen LogP contribution in [0.2, 0.25) is 0 Å². The second kappa shape index (κ2) is 16.4. The Bertz CT molecular complexity index is 620. The highest BCUT2D eigenvalue weighted by Crippen LogP contribution is 2.35. The summed E-state index contributed by atoms with van der Waals surface area (Å²) >= 11 is 0. The summed E-state index contributed by atoms with van der Waals surface area (Å²) in [5, 5.41) is 20.3. The molecule has 1 rings (SSSR count). The molecule has 0 aromatic carbocycles. The average molecular weight is 489 g/mol. The molecular formula is C27H46F2O5. The number of ketones is 1. The van der Waals surface area contributed by atoms with Gasteiger partial charge in [-0.3, -0.25) is 9.59 Å². The van der Waals surface area contributed by atoms with Crippen molar-refractivity contribution >= 4 is 11.8 Å². The van der Waals surface area contributed by atoms with Crippen LogP contribution >= 0.6 is 0 Å². The van der Waals surface area contributed by atoms with Gasteiger partial charge in [-0.25, -0.2) is 8.78 Å². The van der Waals surface area contributed by atoms with E-state index in [0.29, 0.717) is 25.7 Å². The summed E-state index contributed by atoms with van der Waals surface area (Å²) in [6.07, 6.45) is 8.76. The quantitative estimate of drug-likeness (QED) is 0.137. The van der Waals surface area contributed by atoms with Gasteiger partial charge in [0.15, 0.2) is 0 Å². The zero-order chi connectivity index (χ0) is 25.6. The van der Waals surface area contributed by atoms with Crippen LogP contribution in [-0.4, -0.2) is 46.2 Å². The zero-order valence-electron chi connectivity index (χ0n) is 21.3. The third kappa shape index (κ3) is 11.9. The number of aliphatic hydroxyl groups is 2. The van der Waals surface area contributed by atoms with E-state index in [1.165, 1.54) is 6.08 Å². The number of esters is 1. The molecule has 1 saturated carbocycles. The maximum atomic E-state index is 14.2. The fourth-order valence-corrected chi connectivity index (χ4v) is 4.56. The van der Waals surface area contributed by atoms with Crippen molar-refractivity contribution in [3.05, 3.63) is 12.2 Å². The number of hydrogen-bond donors (Lipinski definition) is 2. The van der Waals surface area contributed by atoms with E-state index in [0.717, 1.165) is 57.4 Å². The lowest BCUT2D eigenvalue weighted by Gasteiger charge is -2.22. The molecule has 2 N–H and O–H groups in total. The van der Waals surface area contributed by atoms with Crippen LogP contribution in [-0.2, 0) is 14.3 Å². The van der Waals surface area contributed by atoms with E-state index in [-0.39, 0.29) is 36.6 Å². The van der Waals surface area contributed by atoms with Gasteiger partial charge < -0.3 is 14.9 Å². The molecule has 0 radical (unpaired) electrons. The summed E-state index contributed by atoms with van der Waals surface area (Å²) in [6, 6.07) is 0. The molecule has 4 atom stereocenters. The zero-order valence-corrected chi connectivity index (χ0v) is 21.3. The maximum absolute atomic E-state index is 14.2. The number of ether oxygens (including phenoxy) is 1. The van der Waals surface area contributed by atoms with E-state index < -0.39 is 24.0 Å². The highest BCUT2D eigenvalue weighted by molar-refractivity contribution is 5.84. The van der Waals surface area contributed by atoms with Crippen molar-refractivity contribution in [1.82, 2.24) is 0 Å². The standard InChI is InChI=1S/C27H46F2O5/c1-4-5-6-13-18-27(28,29)25(32)17-16-22-21(23(30)19-24(22)31)14-11-9-7-8-10-12-15-26(33)34-20(2)3/h16-17,20-22,24-25,31-32H,4-15,18-19H2,1-3H3/b17-16+. The first kappa shape index (κ1) is 30.7. The molecule has 0 heterocycles. The van der Waals surface area contributed by atoms with E-state index in [9.17, 15) is 28.6 Å². The van der Waals surface area contributed by atoms with Crippen LogP contribution in [0, 0.1) is 11.8 Å². The van der Waals surface area contributed by atoms with Crippen molar-refractivity contribution in [2.45, 2.75) is 135 Å². The summed E-state index contributed by atoms with van der Waals surface area (Å²) < 4.78 is 33.5. The van der Waals surface area contributed by atoms with Crippen LogP contribution in [0.5, 0.6) is 0 Å². The molecule has 0 spiro atoms. The second-order valence-corrected chi connectivity index (χ2v) is 10.0. The first-order valence-corrected chi connectivity index (χ1v) is 13.2. The topological polar surface area (TPSA) is 83.8 Å². The minimum absolute atomic E-state index is 0.0355. The van der Waals surface area contributed by atoms with Crippen molar-refractivity contribution < 1.29 is 33.3 Å². The molecule has 0 bridgehead atoms. The molecule has 7 heteroatoms.